The Morgan fingerprint density at radius 2 is 2.00 bits per heavy atom. The quantitative estimate of drug-likeness (QED) is 0.715. The minimum absolute atomic E-state index is 0.148. The number of hydrogen-bond donors (Lipinski definition) is 3. The number of nitrogens with one attached hydrogen (secondary N) is 2. The third-order valence-corrected chi connectivity index (χ3v) is 2.68. The molecular weight excluding hydrogens is 248 g/mol. The summed E-state index contributed by atoms with van der Waals surface area (Å²) in [6.45, 7) is 0.437. The van der Waals surface area contributed by atoms with E-state index in [9.17, 15) is 4.79 Å². The Kier molecular flexibility index (Phi) is 3.69. The van der Waals surface area contributed by atoms with Crippen LogP contribution >= 0.6 is 12.2 Å². The average Bonchev–Trinajstić information content (AvgIpc) is 2.89. The summed E-state index contributed by atoms with van der Waals surface area (Å²) in [5.41, 5.74) is 7.72. The van der Waals surface area contributed by atoms with Gasteiger partial charge in [0.25, 0.3) is 5.91 Å². The van der Waals surface area contributed by atoms with Crippen molar-refractivity contribution in [2.24, 2.45) is 5.73 Å². The fourth-order valence-electron chi connectivity index (χ4n) is 1.44. The molecule has 1 amide bonds. The van der Waals surface area contributed by atoms with Gasteiger partial charge in [-0.05, 0) is 12.1 Å². The van der Waals surface area contributed by atoms with E-state index in [4.69, 9.17) is 18.0 Å². The van der Waals surface area contributed by atoms with Gasteiger partial charge in [0.2, 0.25) is 0 Å². The summed E-state index contributed by atoms with van der Waals surface area (Å²) < 4.78 is 0. The molecule has 2 rings (SSSR count). The molecule has 0 atom stereocenters. The van der Waals surface area contributed by atoms with Gasteiger partial charge in [0.05, 0.1) is 6.20 Å². The molecule has 0 aliphatic carbocycles. The summed E-state index contributed by atoms with van der Waals surface area (Å²) in [6, 6.07) is 6.85. The standard InChI is InChI=1S/C12H12N4OS/c13-11(18)9-1-3-10(4-2-9)12(17)14-5-8-6-15-16-7-8/h1-4,6-7H,5H2,(H2,13,18)(H,14,17)(H,15,16). The molecule has 0 radical (unpaired) electrons. The van der Waals surface area contributed by atoms with E-state index in [0.717, 1.165) is 11.1 Å². The van der Waals surface area contributed by atoms with Crippen molar-refractivity contribution in [2.45, 2.75) is 6.54 Å². The van der Waals surface area contributed by atoms with E-state index in [1.165, 1.54) is 0 Å². The van der Waals surface area contributed by atoms with E-state index in [1.807, 2.05) is 0 Å². The lowest BCUT2D eigenvalue weighted by Gasteiger charge is -2.04. The Morgan fingerprint density at radius 1 is 1.33 bits per heavy atom. The van der Waals surface area contributed by atoms with E-state index in [1.54, 1.807) is 36.7 Å². The number of carbonyl (C=O) groups excluding carboxylic acids is 1. The van der Waals surface area contributed by atoms with Crippen molar-refractivity contribution in [3.8, 4) is 0 Å². The molecule has 0 aliphatic rings. The second-order valence-corrected chi connectivity index (χ2v) is 4.17. The van der Waals surface area contributed by atoms with Crippen LogP contribution in [0.25, 0.3) is 0 Å². The number of rotatable bonds is 4. The third-order valence-electron chi connectivity index (χ3n) is 2.44. The smallest absolute Gasteiger partial charge is 0.251 e. The van der Waals surface area contributed by atoms with Crippen LogP contribution in [0.2, 0.25) is 0 Å². The number of aromatic amines is 1. The Hall–Kier alpha value is -2.21. The SMILES string of the molecule is NC(=S)c1ccc(C(=O)NCc2cn[nH]c2)cc1. The van der Waals surface area contributed by atoms with E-state index >= 15 is 0 Å². The van der Waals surface area contributed by atoms with Crippen molar-refractivity contribution in [1.29, 1.82) is 0 Å². The predicted molar refractivity (Wildman–Crippen MR) is 72.1 cm³/mol. The van der Waals surface area contributed by atoms with Crippen LogP contribution in [0.3, 0.4) is 0 Å². The fourth-order valence-corrected chi connectivity index (χ4v) is 1.58. The normalized spacial score (nSPS) is 10.0. The highest BCUT2D eigenvalue weighted by Gasteiger charge is 2.06. The van der Waals surface area contributed by atoms with Crippen molar-refractivity contribution in [1.82, 2.24) is 15.5 Å². The molecule has 0 fully saturated rings. The molecular formula is C12H12N4OS. The zero-order chi connectivity index (χ0) is 13.0. The van der Waals surface area contributed by atoms with Gasteiger partial charge in [-0.3, -0.25) is 9.89 Å². The summed E-state index contributed by atoms with van der Waals surface area (Å²) >= 11 is 4.84. The van der Waals surface area contributed by atoms with Gasteiger partial charge in [0.1, 0.15) is 4.99 Å². The fraction of sp³-hybridized carbons (Fsp3) is 0.0833. The van der Waals surface area contributed by atoms with Crippen LogP contribution in [0, 0.1) is 0 Å². The molecule has 5 nitrogen and oxygen atoms in total. The van der Waals surface area contributed by atoms with E-state index in [-0.39, 0.29) is 5.91 Å². The molecule has 18 heavy (non-hydrogen) atoms. The number of nitrogens with two attached hydrogens (primary N) is 1. The number of benzene rings is 1. The summed E-state index contributed by atoms with van der Waals surface area (Å²) in [4.78, 5) is 12.1. The minimum Gasteiger partial charge on any atom is -0.389 e. The Morgan fingerprint density at radius 3 is 2.56 bits per heavy atom. The molecule has 0 aliphatic heterocycles. The number of thiocarbonyl (C=S) groups is 1. The van der Waals surface area contributed by atoms with Crippen molar-refractivity contribution < 1.29 is 4.79 Å². The Labute approximate surface area is 109 Å². The maximum absolute atomic E-state index is 11.8. The lowest BCUT2D eigenvalue weighted by Crippen LogP contribution is -2.22. The summed E-state index contributed by atoms with van der Waals surface area (Å²) in [5.74, 6) is -0.148. The monoisotopic (exact) mass is 260 g/mol. The molecule has 4 N–H and O–H groups in total. The van der Waals surface area contributed by atoms with Gasteiger partial charge in [-0.15, -0.1) is 0 Å². The van der Waals surface area contributed by atoms with Crippen LogP contribution < -0.4 is 11.1 Å². The molecule has 0 saturated carbocycles. The first kappa shape index (κ1) is 12.3. The number of aromatic nitrogens is 2. The zero-order valence-electron chi connectivity index (χ0n) is 9.51. The van der Waals surface area contributed by atoms with Gasteiger partial charge in [-0.2, -0.15) is 5.10 Å². The van der Waals surface area contributed by atoms with Crippen molar-refractivity contribution in [2.75, 3.05) is 0 Å². The zero-order valence-corrected chi connectivity index (χ0v) is 10.3. The van der Waals surface area contributed by atoms with Gasteiger partial charge < -0.3 is 11.1 Å². The van der Waals surface area contributed by atoms with Crippen LogP contribution in [0.15, 0.2) is 36.7 Å². The lowest BCUT2D eigenvalue weighted by molar-refractivity contribution is 0.0951. The molecule has 92 valence electrons. The third kappa shape index (κ3) is 2.92. The summed E-state index contributed by atoms with van der Waals surface area (Å²) in [7, 11) is 0. The summed E-state index contributed by atoms with van der Waals surface area (Å²) in [5, 5.41) is 9.27. The topological polar surface area (TPSA) is 83.8 Å². The van der Waals surface area contributed by atoms with Crippen molar-refractivity contribution in [3.63, 3.8) is 0 Å². The number of hydrogen-bond acceptors (Lipinski definition) is 3. The number of nitrogens with zero attached hydrogens (tertiary/aromatic N) is 1. The van der Waals surface area contributed by atoms with Crippen LogP contribution in [0.1, 0.15) is 21.5 Å². The molecule has 2 aromatic rings. The molecule has 6 heteroatoms. The molecule has 1 heterocycles. The number of H-pyrrole nitrogens is 1. The predicted octanol–water partition coefficient (Wildman–Crippen LogP) is 0.974. The average molecular weight is 260 g/mol. The Balaban J connectivity index is 1.98. The maximum Gasteiger partial charge on any atom is 0.251 e. The first-order valence-electron chi connectivity index (χ1n) is 5.32. The van der Waals surface area contributed by atoms with E-state index in [2.05, 4.69) is 15.5 Å². The second-order valence-electron chi connectivity index (χ2n) is 3.73. The summed E-state index contributed by atoms with van der Waals surface area (Å²) in [6.07, 6.45) is 3.40. The van der Waals surface area contributed by atoms with Gasteiger partial charge >= 0.3 is 0 Å². The number of carbonyl (C=O) groups is 1. The van der Waals surface area contributed by atoms with Crippen molar-refractivity contribution in [3.05, 3.63) is 53.3 Å². The molecule has 0 spiro atoms. The van der Waals surface area contributed by atoms with Crippen LogP contribution in [0.4, 0.5) is 0 Å². The van der Waals surface area contributed by atoms with Crippen LogP contribution in [-0.4, -0.2) is 21.1 Å². The Bertz CT molecular complexity index is 548. The first-order valence-corrected chi connectivity index (χ1v) is 5.73. The molecule has 0 saturated heterocycles. The molecule has 0 bridgehead atoms. The van der Waals surface area contributed by atoms with Gasteiger partial charge in [0, 0.05) is 29.4 Å². The highest BCUT2D eigenvalue weighted by Crippen LogP contribution is 2.05. The highest BCUT2D eigenvalue weighted by atomic mass is 32.1. The lowest BCUT2D eigenvalue weighted by atomic mass is 10.1. The van der Waals surface area contributed by atoms with Crippen LogP contribution in [0.5, 0.6) is 0 Å². The first-order chi connectivity index (χ1) is 8.66. The highest BCUT2D eigenvalue weighted by molar-refractivity contribution is 7.80. The number of amides is 1. The second kappa shape index (κ2) is 5.42. The van der Waals surface area contributed by atoms with E-state index in [0.29, 0.717) is 17.1 Å². The molecule has 1 aromatic carbocycles. The van der Waals surface area contributed by atoms with Gasteiger partial charge in [-0.25, -0.2) is 0 Å². The molecule has 0 unspecified atom stereocenters. The van der Waals surface area contributed by atoms with E-state index < -0.39 is 0 Å². The maximum atomic E-state index is 11.8. The van der Waals surface area contributed by atoms with Crippen molar-refractivity contribution >= 4 is 23.1 Å². The molecule has 1 aromatic heterocycles. The van der Waals surface area contributed by atoms with Gasteiger partial charge in [0.15, 0.2) is 0 Å². The van der Waals surface area contributed by atoms with Crippen LogP contribution in [-0.2, 0) is 6.54 Å². The largest absolute Gasteiger partial charge is 0.389 e. The minimum atomic E-state index is -0.148. The van der Waals surface area contributed by atoms with Gasteiger partial charge in [-0.1, -0.05) is 24.4 Å².